The van der Waals surface area contributed by atoms with E-state index in [1.54, 1.807) is 4.90 Å². The first kappa shape index (κ1) is 19.1. The maximum atomic E-state index is 12.6. The molecule has 0 spiro atoms. The van der Waals surface area contributed by atoms with Crippen molar-refractivity contribution < 1.29 is 9.59 Å². The molecular weight excluding hydrogens is 364 g/mol. The number of hydrogen-bond donors (Lipinski definition) is 0. The molecule has 6 heteroatoms. The van der Waals surface area contributed by atoms with Crippen LogP contribution in [-0.2, 0) is 9.59 Å². The van der Waals surface area contributed by atoms with Gasteiger partial charge in [0.05, 0.1) is 4.91 Å². The number of nitrogens with zero attached hydrogens (tertiary/aromatic N) is 2. The Balaban J connectivity index is 1.59. The van der Waals surface area contributed by atoms with Crippen molar-refractivity contribution in [2.24, 2.45) is 5.92 Å². The molecule has 0 radical (unpaired) electrons. The summed E-state index contributed by atoms with van der Waals surface area (Å²) in [7, 11) is 0. The molecule has 4 nitrogen and oxygen atoms in total. The first-order chi connectivity index (χ1) is 12.4. The molecule has 0 saturated carbocycles. The van der Waals surface area contributed by atoms with E-state index in [4.69, 9.17) is 12.2 Å². The molecule has 0 N–H and O–H groups in total. The molecule has 26 heavy (non-hydrogen) atoms. The van der Waals surface area contributed by atoms with E-state index in [2.05, 4.69) is 6.92 Å². The second kappa shape index (κ2) is 8.35. The first-order valence-electron chi connectivity index (χ1n) is 9.04. The van der Waals surface area contributed by atoms with Crippen LogP contribution in [0.2, 0.25) is 0 Å². The Morgan fingerprint density at radius 1 is 1.27 bits per heavy atom. The second-order valence-electron chi connectivity index (χ2n) is 7.06. The highest BCUT2D eigenvalue weighted by atomic mass is 32.2. The Kier molecular flexibility index (Phi) is 6.14. The summed E-state index contributed by atoms with van der Waals surface area (Å²) in [6.07, 6.45) is 4.32. The number of benzene rings is 1. The second-order valence-corrected chi connectivity index (χ2v) is 8.73. The summed E-state index contributed by atoms with van der Waals surface area (Å²) in [5.74, 6) is 0.715. The molecule has 0 aliphatic carbocycles. The van der Waals surface area contributed by atoms with Gasteiger partial charge in [-0.25, -0.2) is 0 Å². The lowest BCUT2D eigenvalue weighted by atomic mass is 9.99. The van der Waals surface area contributed by atoms with Gasteiger partial charge in [0.25, 0.3) is 5.91 Å². The average Bonchev–Trinajstić information content (AvgIpc) is 2.89. The zero-order valence-corrected chi connectivity index (χ0v) is 16.9. The van der Waals surface area contributed by atoms with Crippen LogP contribution in [0, 0.1) is 12.8 Å². The van der Waals surface area contributed by atoms with Crippen LogP contribution in [0.4, 0.5) is 0 Å². The van der Waals surface area contributed by atoms with Gasteiger partial charge in [-0.05, 0) is 37.3 Å². The Morgan fingerprint density at radius 3 is 2.58 bits per heavy atom. The third kappa shape index (κ3) is 4.54. The number of piperidine rings is 1. The standard InChI is InChI=1S/C20H24N2O2S2/c1-14-3-5-16(6-4-14)13-17-19(24)22(20(25)26-17)12-9-18(23)21-10-7-15(2)8-11-21/h3-6,13,15H,7-12H2,1-2H3/b17-13-. The van der Waals surface area contributed by atoms with E-state index in [0.29, 0.717) is 28.1 Å². The van der Waals surface area contributed by atoms with Crippen molar-refractivity contribution in [1.82, 2.24) is 9.80 Å². The summed E-state index contributed by atoms with van der Waals surface area (Å²) >= 11 is 6.67. The normalized spacial score (nSPS) is 20.3. The molecule has 0 unspecified atom stereocenters. The van der Waals surface area contributed by atoms with E-state index in [-0.39, 0.29) is 11.8 Å². The fourth-order valence-corrected chi connectivity index (χ4v) is 4.44. The van der Waals surface area contributed by atoms with Gasteiger partial charge in [-0.3, -0.25) is 14.5 Å². The zero-order chi connectivity index (χ0) is 18.7. The Labute approximate surface area is 164 Å². The van der Waals surface area contributed by atoms with E-state index in [1.807, 2.05) is 42.2 Å². The van der Waals surface area contributed by atoms with Crippen molar-refractivity contribution in [2.75, 3.05) is 19.6 Å². The van der Waals surface area contributed by atoms with Crippen molar-refractivity contribution in [2.45, 2.75) is 33.1 Å². The van der Waals surface area contributed by atoms with Crippen LogP contribution in [0.15, 0.2) is 29.2 Å². The van der Waals surface area contributed by atoms with Gasteiger partial charge >= 0.3 is 0 Å². The average molecular weight is 389 g/mol. The maximum Gasteiger partial charge on any atom is 0.266 e. The number of likely N-dealkylation sites (tertiary alicyclic amines) is 1. The van der Waals surface area contributed by atoms with Crippen molar-refractivity contribution >= 4 is 46.2 Å². The molecule has 2 aliphatic rings. The monoisotopic (exact) mass is 388 g/mol. The van der Waals surface area contributed by atoms with Crippen molar-refractivity contribution in [3.63, 3.8) is 0 Å². The predicted octanol–water partition coefficient (Wildman–Crippen LogP) is 3.84. The maximum absolute atomic E-state index is 12.6. The number of rotatable bonds is 4. The zero-order valence-electron chi connectivity index (χ0n) is 15.2. The molecule has 2 saturated heterocycles. The molecule has 3 rings (SSSR count). The molecule has 1 aromatic rings. The number of carbonyl (C=O) groups is 2. The molecule has 0 aromatic heterocycles. The minimum absolute atomic E-state index is 0.0966. The van der Waals surface area contributed by atoms with E-state index in [0.717, 1.165) is 31.5 Å². The van der Waals surface area contributed by atoms with Gasteiger partial charge in [0, 0.05) is 26.1 Å². The van der Waals surface area contributed by atoms with Gasteiger partial charge < -0.3 is 4.90 Å². The first-order valence-corrected chi connectivity index (χ1v) is 10.3. The fraction of sp³-hybridized carbons (Fsp3) is 0.450. The van der Waals surface area contributed by atoms with Crippen LogP contribution < -0.4 is 0 Å². The summed E-state index contributed by atoms with van der Waals surface area (Å²) in [6, 6.07) is 8.01. The van der Waals surface area contributed by atoms with Crippen molar-refractivity contribution in [1.29, 1.82) is 0 Å². The fourth-order valence-electron chi connectivity index (χ4n) is 3.13. The third-order valence-corrected chi connectivity index (χ3v) is 6.31. The molecular formula is C20H24N2O2S2. The summed E-state index contributed by atoms with van der Waals surface area (Å²) in [5, 5.41) is 0. The molecule has 0 atom stereocenters. The van der Waals surface area contributed by atoms with Gasteiger partial charge in [0.1, 0.15) is 4.32 Å². The molecule has 2 fully saturated rings. The van der Waals surface area contributed by atoms with Gasteiger partial charge in [0.2, 0.25) is 5.91 Å². The molecule has 0 bridgehead atoms. The Bertz CT molecular complexity index is 735. The Hall–Kier alpha value is -1.66. The largest absolute Gasteiger partial charge is 0.343 e. The van der Waals surface area contributed by atoms with E-state index in [1.165, 1.54) is 17.3 Å². The highest BCUT2D eigenvalue weighted by molar-refractivity contribution is 8.26. The Morgan fingerprint density at radius 2 is 1.92 bits per heavy atom. The molecule has 2 aliphatic heterocycles. The van der Waals surface area contributed by atoms with Crippen LogP contribution in [0.5, 0.6) is 0 Å². The van der Waals surface area contributed by atoms with Crippen LogP contribution in [-0.4, -0.2) is 45.6 Å². The number of aryl methyl sites for hydroxylation is 1. The smallest absolute Gasteiger partial charge is 0.266 e. The number of carbonyl (C=O) groups excluding carboxylic acids is 2. The minimum atomic E-state index is -0.0966. The summed E-state index contributed by atoms with van der Waals surface area (Å²) in [4.78, 5) is 29.1. The van der Waals surface area contributed by atoms with Crippen LogP contribution >= 0.6 is 24.0 Å². The number of amides is 2. The van der Waals surface area contributed by atoms with E-state index in [9.17, 15) is 9.59 Å². The van der Waals surface area contributed by atoms with Gasteiger partial charge in [-0.15, -0.1) is 0 Å². The summed E-state index contributed by atoms with van der Waals surface area (Å²) in [6.45, 7) is 6.27. The molecule has 1 aromatic carbocycles. The van der Waals surface area contributed by atoms with E-state index < -0.39 is 0 Å². The predicted molar refractivity (Wildman–Crippen MR) is 111 cm³/mol. The lowest BCUT2D eigenvalue weighted by Gasteiger charge is -2.30. The summed E-state index contributed by atoms with van der Waals surface area (Å²) in [5.41, 5.74) is 2.16. The summed E-state index contributed by atoms with van der Waals surface area (Å²) < 4.78 is 0.536. The lowest BCUT2D eigenvalue weighted by molar-refractivity contribution is -0.133. The molecule has 138 valence electrons. The molecule has 2 amide bonds. The van der Waals surface area contributed by atoms with Crippen molar-refractivity contribution in [3.8, 4) is 0 Å². The van der Waals surface area contributed by atoms with Crippen LogP contribution in [0.1, 0.15) is 37.3 Å². The molecule has 2 heterocycles. The van der Waals surface area contributed by atoms with Crippen LogP contribution in [0.3, 0.4) is 0 Å². The van der Waals surface area contributed by atoms with Crippen LogP contribution in [0.25, 0.3) is 6.08 Å². The lowest BCUT2D eigenvalue weighted by Crippen LogP contribution is -2.40. The van der Waals surface area contributed by atoms with Crippen molar-refractivity contribution in [3.05, 3.63) is 40.3 Å². The van der Waals surface area contributed by atoms with Gasteiger partial charge in [0.15, 0.2) is 0 Å². The highest BCUT2D eigenvalue weighted by Crippen LogP contribution is 2.32. The van der Waals surface area contributed by atoms with E-state index >= 15 is 0 Å². The number of thiocarbonyl (C=S) groups is 1. The number of thioether (sulfide) groups is 1. The quantitative estimate of drug-likeness (QED) is 0.580. The van der Waals surface area contributed by atoms with Gasteiger partial charge in [-0.2, -0.15) is 0 Å². The minimum Gasteiger partial charge on any atom is -0.343 e. The number of hydrogen-bond acceptors (Lipinski definition) is 4. The van der Waals surface area contributed by atoms with Gasteiger partial charge in [-0.1, -0.05) is 60.7 Å². The third-order valence-electron chi connectivity index (χ3n) is 4.93. The SMILES string of the molecule is Cc1ccc(/C=C2\SC(=S)N(CCC(=O)N3CCC(C)CC3)C2=O)cc1. The highest BCUT2D eigenvalue weighted by Gasteiger charge is 2.32. The topological polar surface area (TPSA) is 40.6 Å².